The quantitative estimate of drug-likeness (QED) is 0.409. The molecule has 2 aromatic carbocycles. The third-order valence-electron chi connectivity index (χ3n) is 5.51. The number of hydrogen-bond acceptors (Lipinski definition) is 6. The fraction of sp³-hybridized carbons (Fsp3) is 0.280. The highest BCUT2D eigenvalue weighted by atomic mass is 16.4. The maximum atomic E-state index is 12.6. The van der Waals surface area contributed by atoms with Crippen molar-refractivity contribution in [2.45, 2.75) is 27.3 Å². The lowest BCUT2D eigenvalue weighted by Gasteiger charge is -2.17. The van der Waals surface area contributed by atoms with Crippen LogP contribution in [-0.4, -0.2) is 50.4 Å². The minimum atomic E-state index is -0.198. The third kappa shape index (κ3) is 5.53. The average Bonchev–Trinajstić information content (AvgIpc) is 3.50. The standard InChI is InChI=1S/C25H28N6O2/c1-4-30(5-2)13-14-31-17-22(16-26-31)27-23(32)19-9-11-20(12-10-19)24-28-29-25(33-24)21-8-6-7-18(3)15-21/h6-12,15-17H,4-5,13-14H2,1-3H3,(H,27,32). The van der Waals surface area contributed by atoms with Gasteiger partial charge in [0.05, 0.1) is 18.4 Å². The minimum absolute atomic E-state index is 0.198. The maximum Gasteiger partial charge on any atom is 0.255 e. The van der Waals surface area contributed by atoms with E-state index in [2.05, 4.69) is 39.4 Å². The van der Waals surface area contributed by atoms with E-state index in [4.69, 9.17) is 4.42 Å². The van der Waals surface area contributed by atoms with Crippen LogP contribution in [0, 0.1) is 6.92 Å². The average molecular weight is 445 g/mol. The summed E-state index contributed by atoms with van der Waals surface area (Å²) in [6.07, 6.45) is 3.51. The Morgan fingerprint density at radius 3 is 2.45 bits per heavy atom. The first-order valence-corrected chi connectivity index (χ1v) is 11.1. The van der Waals surface area contributed by atoms with Gasteiger partial charge in [-0.3, -0.25) is 9.48 Å². The number of rotatable bonds is 9. The van der Waals surface area contributed by atoms with E-state index in [0.717, 1.165) is 42.9 Å². The molecule has 1 N–H and O–H groups in total. The van der Waals surface area contributed by atoms with Gasteiger partial charge in [0.15, 0.2) is 0 Å². The van der Waals surface area contributed by atoms with Gasteiger partial charge >= 0.3 is 0 Å². The number of nitrogens with zero attached hydrogens (tertiary/aromatic N) is 5. The van der Waals surface area contributed by atoms with E-state index in [0.29, 0.717) is 23.0 Å². The third-order valence-corrected chi connectivity index (χ3v) is 5.51. The van der Waals surface area contributed by atoms with Gasteiger partial charge in [0, 0.05) is 29.4 Å². The molecule has 8 heteroatoms. The van der Waals surface area contributed by atoms with Gasteiger partial charge in [0.2, 0.25) is 11.8 Å². The second-order valence-corrected chi connectivity index (χ2v) is 7.83. The van der Waals surface area contributed by atoms with Gasteiger partial charge in [-0.05, 0) is 56.4 Å². The Balaban J connectivity index is 1.38. The summed E-state index contributed by atoms with van der Waals surface area (Å²) in [6, 6.07) is 15.0. The lowest BCUT2D eigenvalue weighted by molar-refractivity contribution is 0.102. The molecular weight excluding hydrogens is 416 g/mol. The molecular formula is C25H28N6O2. The Bertz CT molecular complexity index is 1210. The minimum Gasteiger partial charge on any atom is -0.416 e. The molecule has 0 atom stereocenters. The van der Waals surface area contributed by atoms with Crippen LogP contribution in [0.15, 0.2) is 65.3 Å². The molecule has 0 unspecified atom stereocenters. The normalized spacial score (nSPS) is 11.2. The van der Waals surface area contributed by atoms with Gasteiger partial charge < -0.3 is 14.6 Å². The number of hydrogen-bond donors (Lipinski definition) is 1. The van der Waals surface area contributed by atoms with Gasteiger partial charge in [-0.1, -0.05) is 31.5 Å². The Hall–Kier alpha value is -3.78. The molecule has 0 fully saturated rings. The number of anilines is 1. The van der Waals surface area contributed by atoms with E-state index < -0.39 is 0 Å². The molecule has 0 saturated heterocycles. The number of nitrogens with one attached hydrogen (secondary N) is 1. The highest BCUT2D eigenvalue weighted by Crippen LogP contribution is 2.24. The highest BCUT2D eigenvalue weighted by Gasteiger charge is 2.13. The Labute approximate surface area is 193 Å². The maximum absolute atomic E-state index is 12.6. The SMILES string of the molecule is CCN(CC)CCn1cc(NC(=O)c2ccc(-c3nnc(-c4cccc(C)c4)o3)cc2)cn1. The zero-order chi connectivity index (χ0) is 23.2. The van der Waals surface area contributed by atoms with Gasteiger partial charge in [-0.2, -0.15) is 5.10 Å². The van der Waals surface area contributed by atoms with Gasteiger partial charge in [-0.25, -0.2) is 0 Å². The van der Waals surface area contributed by atoms with Crippen molar-refractivity contribution < 1.29 is 9.21 Å². The monoisotopic (exact) mass is 444 g/mol. The van der Waals surface area contributed by atoms with Crippen LogP contribution in [-0.2, 0) is 6.54 Å². The van der Waals surface area contributed by atoms with E-state index in [9.17, 15) is 4.79 Å². The summed E-state index contributed by atoms with van der Waals surface area (Å²) in [4.78, 5) is 15.0. The number of carbonyl (C=O) groups excluding carboxylic acids is 1. The van der Waals surface area contributed by atoms with Crippen LogP contribution < -0.4 is 5.32 Å². The Morgan fingerprint density at radius 2 is 1.76 bits per heavy atom. The van der Waals surface area contributed by atoms with Crippen molar-refractivity contribution in [3.05, 3.63) is 72.1 Å². The molecule has 33 heavy (non-hydrogen) atoms. The second-order valence-electron chi connectivity index (χ2n) is 7.83. The predicted octanol–water partition coefficient (Wildman–Crippen LogP) is 4.50. The van der Waals surface area contributed by atoms with Crippen molar-refractivity contribution in [2.24, 2.45) is 0 Å². The van der Waals surface area contributed by atoms with Crippen molar-refractivity contribution >= 4 is 11.6 Å². The van der Waals surface area contributed by atoms with E-state index in [1.165, 1.54) is 0 Å². The zero-order valence-corrected chi connectivity index (χ0v) is 19.2. The lowest BCUT2D eigenvalue weighted by atomic mass is 10.1. The first-order chi connectivity index (χ1) is 16.1. The number of amides is 1. The molecule has 8 nitrogen and oxygen atoms in total. The Morgan fingerprint density at radius 1 is 1.03 bits per heavy atom. The number of benzene rings is 2. The van der Waals surface area contributed by atoms with E-state index in [1.807, 2.05) is 42.1 Å². The number of carbonyl (C=O) groups is 1. The van der Waals surface area contributed by atoms with E-state index in [-0.39, 0.29) is 5.91 Å². The number of aromatic nitrogens is 4. The summed E-state index contributed by atoms with van der Waals surface area (Å²) in [5.74, 6) is 0.678. The summed E-state index contributed by atoms with van der Waals surface area (Å²) in [5, 5.41) is 15.5. The largest absolute Gasteiger partial charge is 0.416 e. The molecule has 170 valence electrons. The topological polar surface area (TPSA) is 89.1 Å². The van der Waals surface area contributed by atoms with E-state index >= 15 is 0 Å². The molecule has 1 amide bonds. The highest BCUT2D eigenvalue weighted by molar-refractivity contribution is 6.04. The molecule has 0 aliphatic heterocycles. The molecule has 0 aliphatic carbocycles. The van der Waals surface area contributed by atoms with Crippen LogP contribution in [0.5, 0.6) is 0 Å². The van der Waals surface area contributed by atoms with Crippen LogP contribution in [0.4, 0.5) is 5.69 Å². The van der Waals surface area contributed by atoms with Crippen molar-refractivity contribution in [3.8, 4) is 22.9 Å². The summed E-state index contributed by atoms with van der Waals surface area (Å²) in [7, 11) is 0. The smallest absolute Gasteiger partial charge is 0.255 e. The van der Waals surface area contributed by atoms with Gasteiger partial charge in [0.25, 0.3) is 5.91 Å². The van der Waals surface area contributed by atoms with Crippen LogP contribution in [0.1, 0.15) is 29.8 Å². The first kappa shape index (κ1) is 22.4. The molecule has 0 bridgehead atoms. The molecule has 2 heterocycles. The molecule has 4 aromatic rings. The van der Waals surface area contributed by atoms with E-state index in [1.54, 1.807) is 30.5 Å². The van der Waals surface area contributed by atoms with Crippen LogP contribution >= 0.6 is 0 Å². The summed E-state index contributed by atoms with van der Waals surface area (Å²) in [5.41, 5.74) is 3.96. The molecule has 2 aromatic heterocycles. The molecule has 0 aliphatic rings. The van der Waals surface area contributed by atoms with Gasteiger partial charge in [-0.15, -0.1) is 10.2 Å². The fourth-order valence-electron chi connectivity index (χ4n) is 3.54. The molecule has 4 rings (SSSR count). The fourth-order valence-corrected chi connectivity index (χ4v) is 3.54. The summed E-state index contributed by atoms with van der Waals surface area (Å²) >= 11 is 0. The van der Waals surface area contributed by atoms with Crippen molar-refractivity contribution in [2.75, 3.05) is 25.0 Å². The summed E-state index contributed by atoms with van der Waals surface area (Å²) < 4.78 is 7.67. The second kappa shape index (κ2) is 10.2. The number of aryl methyl sites for hydroxylation is 1. The first-order valence-electron chi connectivity index (χ1n) is 11.1. The van der Waals surface area contributed by atoms with Crippen molar-refractivity contribution in [3.63, 3.8) is 0 Å². The number of likely N-dealkylation sites (N-methyl/N-ethyl adjacent to an activating group) is 1. The van der Waals surface area contributed by atoms with Crippen LogP contribution in [0.2, 0.25) is 0 Å². The van der Waals surface area contributed by atoms with Crippen LogP contribution in [0.25, 0.3) is 22.9 Å². The lowest BCUT2D eigenvalue weighted by Crippen LogP contribution is -2.27. The van der Waals surface area contributed by atoms with Crippen molar-refractivity contribution in [1.29, 1.82) is 0 Å². The Kier molecular flexibility index (Phi) is 6.95. The summed E-state index contributed by atoms with van der Waals surface area (Å²) in [6.45, 7) is 10.0. The molecule has 0 saturated carbocycles. The predicted molar refractivity (Wildman–Crippen MR) is 128 cm³/mol. The van der Waals surface area contributed by atoms with Crippen LogP contribution in [0.3, 0.4) is 0 Å². The molecule has 0 radical (unpaired) electrons. The van der Waals surface area contributed by atoms with Gasteiger partial charge in [0.1, 0.15) is 0 Å². The van der Waals surface area contributed by atoms with Crippen molar-refractivity contribution in [1.82, 2.24) is 24.9 Å². The zero-order valence-electron chi connectivity index (χ0n) is 19.2. The molecule has 0 spiro atoms.